The summed E-state index contributed by atoms with van der Waals surface area (Å²) in [6.07, 6.45) is 1.89. The highest BCUT2D eigenvalue weighted by atomic mass is 16.7. The number of piperidine rings is 1. The minimum Gasteiger partial charge on any atom is -0.353 e. The van der Waals surface area contributed by atoms with Gasteiger partial charge in [-0.3, -0.25) is 4.79 Å². The molecule has 1 N–H and O–H groups in total. The van der Waals surface area contributed by atoms with Gasteiger partial charge in [0.1, 0.15) is 6.10 Å². The Kier molecular flexibility index (Phi) is 4.25. The fourth-order valence-corrected chi connectivity index (χ4v) is 2.49. The molecule has 1 amide bonds. The van der Waals surface area contributed by atoms with E-state index in [2.05, 4.69) is 17.3 Å². The first-order valence-electron chi connectivity index (χ1n) is 6.74. The molecule has 18 heavy (non-hydrogen) atoms. The minimum atomic E-state index is -0.511. The quantitative estimate of drug-likeness (QED) is 0.803. The molecule has 0 radical (unpaired) electrons. The number of likely N-dealkylation sites (tertiary alicyclic amines) is 1. The Bertz CT molecular complexity index is 299. The molecule has 2 saturated heterocycles. The van der Waals surface area contributed by atoms with Gasteiger partial charge in [0.25, 0.3) is 0 Å². The van der Waals surface area contributed by atoms with E-state index < -0.39 is 5.79 Å². The van der Waals surface area contributed by atoms with Crippen LogP contribution in [0.15, 0.2) is 0 Å². The number of hydrogen-bond acceptors (Lipinski definition) is 4. The molecule has 0 aromatic carbocycles. The van der Waals surface area contributed by atoms with Crippen molar-refractivity contribution >= 4 is 5.91 Å². The summed E-state index contributed by atoms with van der Waals surface area (Å²) >= 11 is 0. The Morgan fingerprint density at radius 1 is 1.39 bits per heavy atom. The predicted molar refractivity (Wildman–Crippen MR) is 68.1 cm³/mol. The highest BCUT2D eigenvalue weighted by Crippen LogP contribution is 2.22. The van der Waals surface area contributed by atoms with Crippen LogP contribution < -0.4 is 5.32 Å². The van der Waals surface area contributed by atoms with E-state index in [1.807, 2.05) is 13.8 Å². The van der Waals surface area contributed by atoms with E-state index in [-0.39, 0.29) is 17.9 Å². The molecule has 0 bridgehead atoms. The van der Waals surface area contributed by atoms with E-state index in [0.717, 1.165) is 25.9 Å². The number of amides is 1. The van der Waals surface area contributed by atoms with Crippen LogP contribution in [-0.4, -0.2) is 56.0 Å². The van der Waals surface area contributed by atoms with Gasteiger partial charge in [-0.2, -0.15) is 0 Å². The Hall–Kier alpha value is -0.650. The lowest BCUT2D eigenvalue weighted by Gasteiger charge is -2.28. The average Bonchev–Trinajstić information content (AvgIpc) is 2.67. The lowest BCUT2D eigenvalue weighted by atomic mass is 9.96. The maximum Gasteiger partial charge on any atom is 0.223 e. The van der Waals surface area contributed by atoms with Crippen LogP contribution in [0.3, 0.4) is 0 Å². The molecule has 0 spiro atoms. The van der Waals surface area contributed by atoms with Crippen LogP contribution in [0.5, 0.6) is 0 Å². The van der Waals surface area contributed by atoms with Gasteiger partial charge in [0, 0.05) is 12.5 Å². The third kappa shape index (κ3) is 3.67. The molecule has 2 heterocycles. The molecule has 2 rings (SSSR count). The first-order valence-corrected chi connectivity index (χ1v) is 6.74. The summed E-state index contributed by atoms with van der Waals surface area (Å²) in [7, 11) is 2.10. The van der Waals surface area contributed by atoms with E-state index in [9.17, 15) is 4.79 Å². The van der Waals surface area contributed by atoms with Crippen LogP contribution in [0.1, 0.15) is 26.7 Å². The zero-order chi connectivity index (χ0) is 13.2. The molecule has 2 fully saturated rings. The predicted octanol–water partition coefficient (Wildman–Crippen LogP) is 0.596. The van der Waals surface area contributed by atoms with Crippen LogP contribution in [0.25, 0.3) is 0 Å². The summed E-state index contributed by atoms with van der Waals surface area (Å²) < 4.78 is 11.1. The van der Waals surface area contributed by atoms with Crippen molar-refractivity contribution in [1.29, 1.82) is 0 Å². The number of nitrogens with one attached hydrogen (secondary N) is 1. The minimum absolute atomic E-state index is 0.0183. The molecule has 0 aliphatic carbocycles. The summed E-state index contributed by atoms with van der Waals surface area (Å²) in [4.78, 5) is 14.3. The topological polar surface area (TPSA) is 50.8 Å². The summed E-state index contributed by atoms with van der Waals surface area (Å²) in [5.74, 6) is -0.184. The molecule has 0 aromatic heterocycles. The standard InChI is InChI=1S/C13H24N2O3/c1-13(2)17-9-11(18-13)8-14-12(16)10-4-6-15(3)7-5-10/h10-11H,4-9H2,1-3H3,(H,14,16). The van der Waals surface area contributed by atoms with Gasteiger partial charge < -0.3 is 19.7 Å². The fourth-order valence-electron chi connectivity index (χ4n) is 2.49. The maximum absolute atomic E-state index is 12.0. The summed E-state index contributed by atoms with van der Waals surface area (Å²) in [5.41, 5.74) is 0. The molecular formula is C13H24N2O3. The first-order chi connectivity index (χ1) is 8.46. The van der Waals surface area contributed by atoms with Gasteiger partial charge in [0.05, 0.1) is 6.61 Å². The highest BCUT2D eigenvalue weighted by molar-refractivity contribution is 5.78. The fraction of sp³-hybridized carbons (Fsp3) is 0.923. The molecule has 0 aromatic rings. The van der Waals surface area contributed by atoms with Gasteiger partial charge >= 0.3 is 0 Å². The smallest absolute Gasteiger partial charge is 0.223 e. The third-order valence-electron chi connectivity index (χ3n) is 3.66. The number of rotatable bonds is 3. The Balaban J connectivity index is 1.69. The van der Waals surface area contributed by atoms with E-state index in [0.29, 0.717) is 13.2 Å². The van der Waals surface area contributed by atoms with Gasteiger partial charge in [0.2, 0.25) is 5.91 Å². The van der Waals surface area contributed by atoms with Crippen LogP contribution in [0.4, 0.5) is 0 Å². The van der Waals surface area contributed by atoms with Crippen LogP contribution in [0, 0.1) is 5.92 Å². The molecule has 2 aliphatic rings. The zero-order valence-corrected chi connectivity index (χ0v) is 11.6. The molecule has 1 unspecified atom stereocenters. The van der Waals surface area contributed by atoms with Gasteiger partial charge in [-0.25, -0.2) is 0 Å². The summed E-state index contributed by atoms with van der Waals surface area (Å²) in [6, 6.07) is 0. The van der Waals surface area contributed by atoms with E-state index in [1.165, 1.54) is 0 Å². The second-order valence-electron chi connectivity index (χ2n) is 5.77. The van der Waals surface area contributed by atoms with Crippen molar-refractivity contribution in [1.82, 2.24) is 10.2 Å². The number of ether oxygens (including phenoxy) is 2. The van der Waals surface area contributed by atoms with Crippen molar-refractivity contribution in [2.24, 2.45) is 5.92 Å². The molecule has 2 aliphatic heterocycles. The van der Waals surface area contributed by atoms with Crippen LogP contribution in [-0.2, 0) is 14.3 Å². The number of carbonyl (C=O) groups excluding carboxylic acids is 1. The number of nitrogens with zero attached hydrogens (tertiary/aromatic N) is 1. The normalized spacial score (nSPS) is 29.4. The van der Waals surface area contributed by atoms with Crippen molar-refractivity contribution in [3.05, 3.63) is 0 Å². The Morgan fingerprint density at radius 2 is 2.06 bits per heavy atom. The largest absolute Gasteiger partial charge is 0.353 e. The SMILES string of the molecule is CN1CCC(C(=O)NCC2COC(C)(C)O2)CC1. The van der Waals surface area contributed by atoms with Gasteiger partial charge in [-0.05, 0) is 46.8 Å². The Morgan fingerprint density at radius 3 is 2.61 bits per heavy atom. The lowest BCUT2D eigenvalue weighted by Crippen LogP contribution is -2.42. The van der Waals surface area contributed by atoms with Gasteiger partial charge in [-0.1, -0.05) is 0 Å². The van der Waals surface area contributed by atoms with Gasteiger partial charge in [0.15, 0.2) is 5.79 Å². The van der Waals surface area contributed by atoms with Crippen molar-refractivity contribution < 1.29 is 14.3 Å². The van der Waals surface area contributed by atoms with E-state index >= 15 is 0 Å². The van der Waals surface area contributed by atoms with Crippen molar-refractivity contribution in [3.63, 3.8) is 0 Å². The van der Waals surface area contributed by atoms with Crippen molar-refractivity contribution in [3.8, 4) is 0 Å². The average molecular weight is 256 g/mol. The van der Waals surface area contributed by atoms with Crippen LogP contribution in [0.2, 0.25) is 0 Å². The van der Waals surface area contributed by atoms with E-state index in [1.54, 1.807) is 0 Å². The summed E-state index contributed by atoms with van der Waals surface area (Å²) in [6.45, 7) is 6.91. The Labute approximate surface area is 109 Å². The molecule has 5 heteroatoms. The molecule has 1 atom stereocenters. The van der Waals surface area contributed by atoms with Crippen molar-refractivity contribution in [2.75, 3.05) is 33.3 Å². The van der Waals surface area contributed by atoms with Crippen molar-refractivity contribution in [2.45, 2.75) is 38.6 Å². The second kappa shape index (κ2) is 5.55. The first kappa shape index (κ1) is 13.8. The maximum atomic E-state index is 12.0. The number of carbonyl (C=O) groups is 1. The highest BCUT2D eigenvalue weighted by Gasteiger charge is 2.33. The van der Waals surface area contributed by atoms with Gasteiger partial charge in [-0.15, -0.1) is 0 Å². The molecule has 0 saturated carbocycles. The molecule has 104 valence electrons. The lowest BCUT2D eigenvalue weighted by molar-refractivity contribution is -0.140. The molecule has 5 nitrogen and oxygen atoms in total. The van der Waals surface area contributed by atoms with Crippen LogP contribution >= 0.6 is 0 Å². The second-order valence-corrected chi connectivity index (χ2v) is 5.77. The zero-order valence-electron chi connectivity index (χ0n) is 11.6. The van der Waals surface area contributed by atoms with E-state index in [4.69, 9.17) is 9.47 Å². The molecular weight excluding hydrogens is 232 g/mol. The summed E-state index contributed by atoms with van der Waals surface area (Å²) in [5, 5.41) is 2.98. The monoisotopic (exact) mass is 256 g/mol. The third-order valence-corrected chi connectivity index (χ3v) is 3.66. The number of hydrogen-bond donors (Lipinski definition) is 1.